The number of nitrogens with zero attached hydrogens (tertiary/aromatic N) is 3. The quantitative estimate of drug-likeness (QED) is 0.255. The van der Waals surface area contributed by atoms with Crippen molar-refractivity contribution in [3.05, 3.63) is 41.2 Å². The Kier molecular flexibility index (Phi) is 8.52. The van der Waals surface area contributed by atoms with E-state index in [9.17, 15) is 0 Å². The first-order valence-corrected chi connectivity index (χ1v) is 15.3. The lowest BCUT2D eigenvalue weighted by atomic mass is 10.1. The van der Waals surface area contributed by atoms with E-state index in [-0.39, 0.29) is 17.1 Å². The zero-order valence-electron chi connectivity index (χ0n) is 22.4. The Labute approximate surface area is 215 Å². The second-order valence-electron chi connectivity index (χ2n) is 10.7. The van der Waals surface area contributed by atoms with Crippen LogP contribution in [0, 0.1) is 0 Å². The lowest BCUT2D eigenvalue weighted by Gasteiger charge is -2.39. The summed E-state index contributed by atoms with van der Waals surface area (Å²) in [5, 5.41) is 8.25. The van der Waals surface area contributed by atoms with Gasteiger partial charge in [0.25, 0.3) is 0 Å². The third-order valence-electron chi connectivity index (χ3n) is 6.62. The van der Waals surface area contributed by atoms with Crippen molar-refractivity contribution in [1.29, 1.82) is 0 Å². The molecule has 1 N–H and O–H groups in total. The first-order chi connectivity index (χ1) is 16.4. The van der Waals surface area contributed by atoms with Gasteiger partial charge in [-0.2, -0.15) is 5.10 Å². The predicted octanol–water partition coefficient (Wildman–Crippen LogP) is 6.17. The zero-order chi connectivity index (χ0) is 26.0. The van der Waals surface area contributed by atoms with Crippen molar-refractivity contribution in [2.45, 2.75) is 64.8 Å². The van der Waals surface area contributed by atoms with Gasteiger partial charge in [-0.25, -0.2) is 9.50 Å². The second-order valence-corrected chi connectivity index (χ2v) is 15.9. The highest BCUT2D eigenvalue weighted by Gasteiger charge is 2.39. The molecule has 2 aromatic heterocycles. The fourth-order valence-electron chi connectivity index (χ4n) is 3.56. The van der Waals surface area contributed by atoms with Gasteiger partial charge in [0, 0.05) is 29.8 Å². The Hall–Kier alpha value is -2.13. The number of ether oxygens (including phenoxy) is 2. The number of hydrogen-bond donors (Lipinski definition) is 1. The van der Waals surface area contributed by atoms with E-state index >= 15 is 0 Å². The highest BCUT2D eigenvalue weighted by molar-refractivity contribution is 6.74. The minimum atomic E-state index is -1.94. The largest absolute Gasteiger partial charge is 0.497 e. The molecule has 0 amide bonds. The number of likely N-dealkylation sites (N-methyl/N-ethyl adjacent to an activating group) is 1. The van der Waals surface area contributed by atoms with E-state index in [1.54, 1.807) is 11.6 Å². The van der Waals surface area contributed by atoms with Crippen LogP contribution in [0.1, 0.15) is 46.1 Å². The van der Waals surface area contributed by atoms with Gasteiger partial charge >= 0.3 is 0 Å². The topological polar surface area (TPSA) is 69.9 Å². The Morgan fingerprint density at radius 2 is 1.80 bits per heavy atom. The van der Waals surface area contributed by atoms with E-state index < -0.39 is 8.32 Å². The molecular weight excluding hydrogens is 480 g/mol. The first kappa shape index (κ1) is 27.5. The molecule has 1 atom stereocenters. The fourth-order valence-corrected chi connectivity index (χ4v) is 5.13. The molecule has 0 saturated heterocycles. The zero-order valence-corrected chi connectivity index (χ0v) is 24.2. The maximum Gasteiger partial charge on any atom is 0.192 e. The minimum absolute atomic E-state index is 0.0696. The van der Waals surface area contributed by atoms with Gasteiger partial charge in [0.05, 0.1) is 25.1 Å². The molecule has 2 heterocycles. The molecule has 1 unspecified atom stereocenters. The summed E-state index contributed by atoms with van der Waals surface area (Å²) in [4.78, 5) is 4.88. The standard InChI is InChI=1S/C26H39ClN4O3Si/c1-17(2)22-15-29-31-24(27)13-23(30-25(22)31)18-10-19(32-7)12-20(11-18)33-16-21(14-28-6)34-35(8,9)26(3,4)5/h10-13,15,17,21,28H,14,16H2,1-9H3. The summed E-state index contributed by atoms with van der Waals surface area (Å²) in [7, 11) is 1.63. The highest BCUT2D eigenvalue weighted by atomic mass is 35.5. The van der Waals surface area contributed by atoms with Gasteiger partial charge in [0.2, 0.25) is 0 Å². The van der Waals surface area contributed by atoms with Crippen molar-refractivity contribution in [3.8, 4) is 22.8 Å². The van der Waals surface area contributed by atoms with Crippen LogP contribution in [0.25, 0.3) is 16.9 Å². The smallest absolute Gasteiger partial charge is 0.192 e. The number of benzene rings is 1. The van der Waals surface area contributed by atoms with Gasteiger partial charge in [-0.15, -0.1) is 0 Å². The Bertz CT molecular complexity index is 1160. The Morgan fingerprint density at radius 1 is 1.11 bits per heavy atom. The van der Waals surface area contributed by atoms with Crippen molar-refractivity contribution in [2.75, 3.05) is 27.3 Å². The van der Waals surface area contributed by atoms with Crippen molar-refractivity contribution in [1.82, 2.24) is 19.9 Å². The highest BCUT2D eigenvalue weighted by Crippen LogP contribution is 2.37. The Morgan fingerprint density at radius 3 is 2.40 bits per heavy atom. The lowest BCUT2D eigenvalue weighted by Crippen LogP contribution is -2.47. The molecule has 1 aromatic carbocycles. The van der Waals surface area contributed by atoms with Crippen LogP contribution in [-0.2, 0) is 4.43 Å². The van der Waals surface area contributed by atoms with Crippen molar-refractivity contribution < 1.29 is 13.9 Å². The summed E-state index contributed by atoms with van der Waals surface area (Å²) in [6.45, 7) is 16.6. The van der Waals surface area contributed by atoms with E-state index in [1.165, 1.54) is 0 Å². The minimum Gasteiger partial charge on any atom is -0.497 e. The van der Waals surface area contributed by atoms with Gasteiger partial charge in [-0.05, 0) is 43.2 Å². The maximum atomic E-state index is 6.61. The first-order valence-electron chi connectivity index (χ1n) is 12.0. The van der Waals surface area contributed by atoms with Gasteiger partial charge in [-0.3, -0.25) is 0 Å². The third kappa shape index (κ3) is 6.36. The van der Waals surface area contributed by atoms with E-state index in [4.69, 9.17) is 30.5 Å². The molecule has 0 saturated carbocycles. The van der Waals surface area contributed by atoms with E-state index in [1.807, 2.05) is 37.5 Å². The lowest BCUT2D eigenvalue weighted by molar-refractivity contribution is 0.115. The van der Waals surface area contributed by atoms with Gasteiger partial charge < -0.3 is 19.2 Å². The Balaban J connectivity index is 1.91. The molecule has 7 nitrogen and oxygen atoms in total. The summed E-state index contributed by atoms with van der Waals surface area (Å²) in [5.41, 5.74) is 3.39. The van der Waals surface area contributed by atoms with Gasteiger partial charge in [-0.1, -0.05) is 46.2 Å². The van der Waals surface area contributed by atoms with Crippen LogP contribution in [0.3, 0.4) is 0 Å². The van der Waals surface area contributed by atoms with Crippen LogP contribution in [0.2, 0.25) is 23.3 Å². The fraction of sp³-hybridized carbons (Fsp3) is 0.538. The molecule has 3 aromatic rings. The van der Waals surface area contributed by atoms with Crippen molar-refractivity contribution in [3.63, 3.8) is 0 Å². The van der Waals surface area contributed by atoms with E-state index in [0.717, 1.165) is 22.5 Å². The molecular formula is C26H39ClN4O3Si. The average Bonchev–Trinajstić information content (AvgIpc) is 3.21. The molecule has 0 aliphatic carbocycles. The van der Waals surface area contributed by atoms with Crippen LogP contribution in [0.5, 0.6) is 11.5 Å². The molecule has 192 valence electrons. The summed E-state index contributed by atoms with van der Waals surface area (Å²) in [5.74, 6) is 1.65. The number of fused-ring (bicyclic) bond motifs is 1. The summed E-state index contributed by atoms with van der Waals surface area (Å²) in [6.07, 6.45) is 1.76. The average molecular weight is 519 g/mol. The summed E-state index contributed by atoms with van der Waals surface area (Å²) < 4.78 is 20.1. The van der Waals surface area contributed by atoms with Crippen molar-refractivity contribution in [2.24, 2.45) is 0 Å². The second kappa shape index (κ2) is 10.9. The SMILES string of the molecule is CNCC(COc1cc(OC)cc(-c2cc(Cl)n3ncc(C(C)C)c3n2)c1)O[Si](C)(C)C(C)(C)C. The molecule has 0 radical (unpaired) electrons. The van der Waals surface area contributed by atoms with Crippen LogP contribution in [0.15, 0.2) is 30.5 Å². The van der Waals surface area contributed by atoms with Crippen LogP contribution in [0.4, 0.5) is 0 Å². The molecule has 9 heteroatoms. The van der Waals surface area contributed by atoms with Crippen LogP contribution < -0.4 is 14.8 Å². The molecule has 0 fully saturated rings. The monoisotopic (exact) mass is 518 g/mol. The molecule has 0 aliphatic heterocycles. The third-order valence-corrected chi connectivity index (χ3v) is 11.4. The number of aromatic nitrogens is 3. The molecule has 0 aliphatic rings. The van der Waals surface area contributed by atoms with Crippen LogP contribution >= 0.6 is 11.6 Å². The summed E-state index contributed by atoms with van der Waals surface area (Å²) >= 11 is 6.56. The van der Waals surface area contributed by atoms with E-state index in [0.29, 0.717) is 29.8 Å². The number of halogens is 1. The number of rotatable bonds is 10. The number of nitrogens with one attached hydrogen (secondary N) is 1. The maximum absolute atomic E-state index is 6.61. The predicted molar refractivity (Wildman–Crippen MR) is 146 cm³/mol. The van der Waals surface area contributed by atoms with Gasteiger partial charge in [0.1, 0.15) is 23.3 Å². The molecule has 3 rings (SSSR count). The molecule has 35 heavy (non-hydrogen) atoms. The van der Waals surface area contributed by atoms with Crippen molar-refractivity contribution >= 4 is 25.6 Å². The molecule has 0 spiro atoms. The normalized spacial score (nSPS) is 13.5. The number of hydrogen-bond acceptors (Lipinski definition) is 6. The van der Waals surface area contributed by atoms with Gasteiger partial charge in [0.15, 0.2) is 14.0 Å². The summed E-state index contributed by atoms with van der Waals surface area (Å²) in [6, 6.07) is 7.59. The van der Waals surface area contributed by atoms with E-state index in [2.05, 4.69) is 58.1 Å². The molecule has 0 bridgehead atoms. The number of methoxy groups -OCH3 is 1. The van der Waals surface area contributed by atoms with Crippen LogP contribution in [-0.4, -0.2) is 56.3 Å².